The molecule has 2 saturated heterocycles. The Morgan fingerprint density at radius 2 is 2.17 bits per heavy atom. The first kappa shape index (κ1) is 19.8. The van der Waals surface area contributed by atoms with Crippen molar-refractivity contribution in [3.63, 3.8) is 0 Å². The Morgan fingerprint density at radius 1 is 1.42 bits per heavy atom. The molecule has 0 aromatic rings. The van der Waals surface area contributed by atoms with Gasteiger partial charge in [-0.25, -0.2) is 12.7 Å². The van der Waals surface area contributed by atoms with E-state index >= 15 is 0 Å². The molecule has 140 valence electrons. The summed E-state index contributed by atoms with van der Waals surface area (Å²) < 4.78 is 31.8. The number of nitrogens with zero attached hydrogens (tertiary/aromatic N) is 3. The molecule has 2 heterocycles. The fourth-order valence-corrected chi connectivity index (χ4v) is 5.34. The molecule has 2 aliphatic rings. The maximum Gasteiger partial charge on any atom is 0.215 e. The monoisotopic (exact) mass is 378 g/mol. The number of hydrogen-bond donors (Lipinski definition) is 1. The predicted molar refractivity (Wildman–Crippen MR) is 100 cm³/mol. The Balaban J connectivity index is 1.87. The van der Waals surface area contributed by atoms with Crippen molar-refractivity contribution in [3.8, 4) is 0 Å². The highest BCUT2D eigenvalue weighted by molar-refractivity contribution is 7.99. The van der Waals surface area contributed by atoms with Gasteiger partial charge in [0.25, 0.3) is 0 Å². The summed E-state index contributed by atoms with van der Waals surface area (Å²) in [6, 6.07) is 0. The lowest BCUT2D eigenvalue weighted by Crippen LogP contribution is -2.42. The zero-order valence-electron chi connectivity index (χ0n) is 14.7. The third kappa shape index (κ3) is 6.09. The lowest BCUT2D eigenvalue weighted by atomic mass is 10.1. The second kappa shape index (κ2) is 9.84. The molecule has 0 radical (unpaired) electrons. The van der Waals surface area contributed by atoms with Gasteiger partial charge in [0.1, 0.15) is 0 Å². The molecule has 0 spiro atoms. The van der Waals surface area contributed by atoms with Crippen LogP contribution in [-0.4, -0.2) is 93.8 Å². The summed E-state index contributed by atoms with van der Waals surface area (Å²) in [7, 11) is -1.20. The van der Waals surface area contributed by atoms with Crippen LogP contribution in [0, 0.1) is 5.92 Å². The van der Waals surface area contributed by atoms with Crippen molar-refractivity contribution in [2.24, 2.45) is 10.9 Å². The number of rotatable bonds is 7. The quantitative estimate of drug-likeness (QED) is 0.507. The summed E-state index contributed by atoms with van der Waals surface area (Å²) in [6.07, 6.45) is 1.07. The van der Waals surface area contributed by atoms with E-state index in [0.29, 0.717) is 25.6 Å². The molecular weight excluding hydrogens is 348 g/mol. The minimum Gasteiger partial charge on any atom is -0.381 e. The van der Waals surface area contributed by atoms with E-state index in [2.05, 4.69) is 15.2 Å². The van der Waals surface area contributed by atoms with Crippen LogP contribution < -0.4 is 5.32 Å². The number of ether oxygens (including phenoxy) is 1. The van der Waals surface area contributed by atoms with Crippen LogP contribution in [0.1, 0.15) is 13.3 Å². The van der Waals surface area contributed by atoms with Gasteiger partial charge >= 0.3 is 0 Å². The van der Waals surface area contributed by atoms with Crippen LogP contribution in [0.3, 0.4) is 0 Å². The van der Waals surface area contributed by atoms with Crippen LogP contribution in [0.15, 0.2) is 4.99 Å². The molecule has 1 atom stereocenters. The molecule has 0 bridgehead atoms. The average molecular weight is 379 g/mol. The molecule has 0 amide bonds. The van der Waals surface area contributed by atoms with Crippen LogP contribution in [0.4, 0.5) is 0 Å². The van der Waals surface area contributed by atoms with Crippen molar-refractivity contribution in [2.45, 2.75) is 13.3 Å². The van der Waals surface area contributed by atoms with Crippen molar-refractivity contribution >= 4 is 27.7 Å². The van der Waals surface area contributed by atoms with Gasteiger partial charge in [0, 0.05) is 57.3 Å². The van der Waals surface area contributed by atoms with Crippen LogP contribution in [0.5, 0.6) is 0 Å². The topological polar surface area (TPSA) is 74.2 Å². The smallest absolute Gasteiger partial charge is 0.215 e. The minimum atomic E-state index is -3.20. The Hall–Kier alpha value is -0.510. The molecule has 1 unspecified atom stereocenters. The van der Waals surface area contributed by atoms with Crippen molar-refractivity contribution in [2.75, 3.05) is 70.2 Å². The van der Waals surface area contributed by atoms with Gasteiger partial charge in [-0.05, 0) is 13.3 Å². The van der Waals surface area contributed by atoms with Crippen LogP contribution in [0.2, 0.25) is 0 Å². The first-order valence-corrected chi connectivity index (χ1v) is 11.4. The highest BCUT2D eigenvalue weighted by atomic mass is 32.2. The summed E-state index contributed by atoms with van der Waals surface area (Å²) in [5, 5.41) is 3.25. The maximum absolute atomic E-state index is 12.4. The van der Waals surface area contributed by atoms with E-state index in [1.54, 1.807) is 4.31 Å². The van der Waals surface area contributed by atoms with E-state index in [9.17, 15) is 8.42 Å². The molecule has 2 fully saturated rings. The molecule has 7 nitrogen and oxygen atoms in total. The average Bonchev–Trinajstić information content (AvgIpc) is 3.07. The SMILES string of the molecule is CCNC(=NCCS(=O)(=O)N1CCSCC1)N(C)CC1CCOC1. The molecule has 0 aromatic carbocycles. The van der Waals surface area contributed by atoms with Crippen molar-refractivity contribution in [3.05, 3.63) is 0 Å². The fourth-order valence-electron chi connectivity index (χ4n) is 2.89. The summed E-state index contributed by atoms with van der Waals surface area (Å²) in [4.78, 5) is 6.59. The standard InChI is InChI=1S/C15H30N4O3S2/c1-3-16-15(18(2)12-14-4-8-22-13-14)17-5-11-24(20,21)19-6-9-23-10-7-19/h14H,3-13H2,1-2H3,(H,16,17). The number of aliphatic imine (C=N–C) groups is 1. The molecular formula is C15H30N4O3S2. The molecule has 0 saturated carbocycles. The molecule has 2 rings (SSSR count). The molecule has 24 heavy (non-hydrogen) atoms. The first-order valence-electron chi connectivity index (χ1n) is 8.65. The molecule has 9 heteroatoms. The number of guanidine groups is 1. The number of sulfonamides is 1. The van der Waals surface area contributed by atoms with Crippen LogP contribution in [-0.2, 0) is 14.8 Å². The normalized spacial score (nSPS) is 23.4. The maximum atomic E-state index is 12.4. The Bertz CT molecular complexity index is 501. The summed E-state index contributed by atoms with van der Waals surface area (Å²) in [5.74, 6) is 3.14. The van der Waals surface area contributed by atoms with Gasteiger partial charge in [-0.2, -0.15) is 11.8 Å². The van der Waals surface area contributed by atoms with E-state index in [1.807, 2.05) is 25.7 Å². The minimum absolute atomic E-state index is 0.0763. The Kier molecular flexibility index (Phi) is 8.12. The van der Waals surface area contributed by atoms with Gasteiger partial charge in [-0.3, -0.25) is 4.99 Å². The Morgan fingerprint density at radius 3 is 2.79 bits per heavy atom. The van der Waals surface area contributed by atoms with Gasteiger partial charge in [0.2, 0.25) is 10.0 Å². The van der Waals surface area contributed by atoms with E-state index in [-0.39, 0.29) is 5.75 Å². The highest BCUT2D eigenvalue weighted by Crippen LogP contribution is 2.14. The lowest BCUT2D eigenvalue weighted by Gasteiger charge is -2.26. The largest absolute Gasteiger partial charge is 0.381 e. The molecule has 1 N–H and O–H groups in total. The molecule has 2 aliphatic heterocycles. The fraction of sp³-hybridized carbons (Fsp3) is 0.933. The van der Waals surface area contributed by atoms with Crippen molar-refractivity contribution in [1.82, 2.24) is 14.5 Å². The predicted octanol–water partition coefficient (Wildman–Crippen LogP) is 0.299. The third-order valence-corrected chi connectivity index (χ3v) is 7.02. The van der Waals surface area contributed by atoms with Crippen molar-refractivity contribution in [1.29, 1.82) is 0 Å². The zero-order valence-corrected chi connectivity index (χ0v) is 16.4. The van der Waals surface area contributed by atoms with E-state index < -0.39 is 10.0 Å². The summed E-state index contributed by atoms with van der Waals surface area (Å²) >= 11 is 1.81. The van der Waals surface area contributed by atoms with Gasteiger partial charge < -0.3 is 15.0 Å². The molecule has 0 aliphatic carbocycles. The van der Waals surface area contributed by atoms with Gasteiger partial charge in [0.05, 0.1) is 18.9 Å². The summed E-state index contributed by atoms with van der Waals surface area (Å²) in [6.45, 7) is 6.83. The zero-order chi connectivity index (χ0) is 17.4. The second-order valence-corrected chi connectivity index (χ2v) is 9.49. The second-order valence-electron chi connectivity index (χ2n) is 6.17. The first-order chi connectivity index (χ1) is 11.5. The Labute approximate surface area is 150 Å². The summed E-state index contributed by atoms with van der Waals surface area (Å²) in [5.41, 5.74) is 0. The van der Waals surface area contributed by atoms with Crippen LogP contribution in [0.25, 0.3) is 0 Å². The van der Waals surface area contributed by atoms with Gasteiger partial charge in [-0.1, -0.05) is 0 Å². The lowest BCUT2D eigenvalue weighted by molar-refractivity contribution is 0.181. The van der Waals surface area contributed by atoms with Crippen LogP contribution >= 0.6 is 11.8 Å². The molecule has 0 aromatic heterocycles. The highest BCUT2D eigenvalue weighted by Gasteiger charge is 2.24. The van der Waals surface area contributed by atoms with E-state index in [0.717, 1.165) is 50.2 Å². The number of thioether (sulfide) groups is 1. The van der Waals surface area contributed by atoms with E-state index in [1.165, 1.54) is 0 Å². The third-order valence-electron chi connectivity index (χ3n) is 4.23. The number of nitrogens with one attached hydrogen (secondary N) is 1. The number of hydrogen-bond acceptors (Lipinski definition) is 5. The van der Waals surface area contributed by atoms with Gasteiger partial charge in [-0.15, -0.1) is 0 Å². The van der Waals surface area contributed by atoms with Gasteiger partial charge in [0.15, 0.2) is 5.96 Å². The van der Waals surface area contributed by atoms with E-state index in [4.69, 9.17) is 4.74 Å². The van der Waals surface area contributed by atoms with Crippen molar-refractivity contribution < 1.29 is 13.2 Å².